The molecular formula is C25H27NO4. The number of benzene rings is 2. The van der Waals surface area contributed by atoms with Crippen molar-refractivity contribution in [1.82, 2.24) is 4.57 Å². The van der Waals surface area contributed by atoms with E-state index >= 15 is 0 Å². The molecule has 0 unspecified atom stereocenters. The Bertz CT molecular complexity index is 1110. The number of esters is 1. The predicted octanol–water partition coefficient (Wildman–Crippen LogP) is 5.19. The summed E-state index contributed by atoms with van der Waals surface area (Å²) in [7, 11) is 3.26. The molecule has 5 heteroatoms. The van der Waals surface area contributed by atoms with Gasteiger partial charge in [0.1, 0.15) is 0 Å². The summed E-state index contributed by atoms with van der Waals surface area (Å²) in [6.45, 7) is 7.09. The first-order valence-electron chi connectivity index (χ1n) is 10.2. The summed E-state index contributed by atoms with van der Waals surface area (Å²) in [4.78, 5) is 13.2. The highest BCUT2D eigenvalue weighted by atomic mass is 16.5. The van der Waals surface area contributed by atoms with Crippen LogP contribution in [0.2, 0.25) is 0 Å². The second kappa shape index (κ2) is 7.90. The second-order valence-corrected chi connectivity index (χ2v) is 7.54. The number of nitrogens with zero attached hydrogens (tertiary/aromatic N) is 1. The molecule has 3 aromatic rings. The van der Waals surface area contributed by atoms with Gasteiger partial charge in [0.25, 0.3) is 0 Å². The largest absolute Gasteiger partial charge is 0.493 e. The topological polar surface area (TPSA) is 49.7 Å². The molecule has 0 fully saturated rings. The zero-order valence-corrected chi connectivity index (χ0v) is 18.2. The van der Waals surface area contributed by atoms with Gasteiger partial charge < -0.3 is 18.8 Å². The van der Waals surface area contributed by atoms with E-state index in [0.29, 0.717) is 23.7 Å². The smallest absolute Gasteiger partial charge is 0.340 e. The third-order valence-corrected chi connectivity index (χ3v) is 5.81. The molecule has 0 radical (unpaired) electrons. The summed E-state index contributed by atoms with van der Waals surface area (Å²) >= 11 is 0. The van der Waals surface area contributed by atoms with Crippen LogP contribution >= 0.6 is 0 Å². The molecule has 0 bridgehead atoms. The fourth-order valence-corrected chi connectivity index (χ4v) is 4.35. The number of aryl methyl sites for hydroxylation is 2. The van der Waals surface area contributed by atoms with Crippen molar-refractivity contribution < 1.29 is 19.0 Å². The highest BCUT2D eigenvalue weighted by molar-refractivity contribution is 6.05. The second-order valence-electron chi connectivity index (χ2n) is 7.54. The minimum Gasteiger partial charge on any atom is -0.493 e. The molecule has 30 heavy (non-hydrogen) atoms. The molecule has 0 spiro atoms. The molecule has 0 amide bonds. The van der Waals surface area contributed by atoms with Crippen molar-refractivity contribution in [3.63, 3.8) is 0 Å². The number of hydrogen-bond acceptors (Lipinski definition) is 4. The molecule has 0 aliphatic carbocycles. The SMILES string of the molecule is CCOC(=O)c1c(-c2ccc(C)cc2)c(C)n2c1-c1cc(OC)c(OC)cc1CC2. The van der Waals surface area contributed by atoms with Crippen molar-refractivity contribution in [2.24, 2.45) is 0 Å². The normalized spacial score (nSPS) is 12.2. The van der Waals surface area contributed by atoms with Gasteiger partial charge in [-0.05, 0) is 50.5 Å². The van der Waals surface area contributed by atoms with Crippen LogP contribution in [0.3, 0.4) is 0 Å². The Balaban J connectivity index is 2.03. The average Bonchev–Trinajstić information content (AvgIpc) is 3.06. The van der Waals surface area contributed by atoms with Gasteiger partial charge in [-0.2, -0.15) is 0 Å². The zero-order chi connectivity index (χ0) is 21.4. The van der Waals surface area contributed by atoms with E-state index in [1.807, 2.05) is 19.1 Å². The lowest BCUT2D eigenvalue weighted by atomic mass is 9.93. The molecule has 1 aliphatic heterocycles. The first-order chi connectivity index (χ1) is 14.5. The molecule has 2 heterocycles. The molecule has 4 rings (SSSR count). The highest BCUT2D eigenvalue weighted by Gasteiger charge is 2.32. The Morgan fingerprint density at radius 3 is 2.33 bits per heavy atom. The summed E-state index contributed by atoms with van der Waals surface area (Å²) in [5, 5.41) is 0. The first kappa shape index (κ1) is 20.1. The first-order valence-corrected chi connectivity index (χ1v) is 10.2. The Morgan fingerprint density at radius 2 is 1.70 bits per heavy atom. The Kier molecular flexibility index (Phi) is 5.29. The molecule has 156 valence electrons. The number of methoxy groups -OCH3 is 2. The van der Waals surface area contributed by atoms with Crippen LogP contribution in [0, 0.1) is 13.8 Å². The number of carbonyl (C=O) groups excluding carboxylic acids is 1. The number of rotatable bonds is 5. The maximum Gasteiger partial charge on any atom is 0.340 e. The van der Waals surface area contributed by atoms with Crippen molar-refractivity contribution >= 4 is 5.97 Å². The summed E-state index contributed by atoms with van der Waals surface area (Å²) in [5.74, 6) is 1.05. The van der Waals surface area contributed by atoms with E-state index in [1.54, 1.807) is 14.2 Å². The van der Waals surface area contributed by atoms with E-state index in [0.717, 1.165) is 46.6 Å². The molecule has 0 saturated heterocycles. The summed E-state index contributed by atoms with van der Waals surface area (Å²) in [5.41, 5.74) is 7.84. The molecule has 5 nitrogen and oxygen atoms in total. The van der Waals surface area contributed by atoms with Crippen LogP contribution in [0.4, 0.5) is 0 Å². The molecular weight excluding hydrogens is 378 g/mol. The van der Waals surface area contributed by atoms with Gasteiger partial charge in [-0.3, -0.25) is 0 Å². The standard InChI is InChI=1S/C25H27NO4/c1-6-30-25(27)23-22(17-9-7-15(2)8-10-17)16(3)26-12-11-18-13-20(28-4)21(29-5)14-19(18)24(23)26/h7-10,13-14H,6,11-12H2,1-5H3. The van der Waals surface area contributed by atoms with E-state index in [4.69, 9.17) is 14.2 Å². The summed E-state index contributed by atoms with van der Waals surface area (Å²) < 4.78 is 18.8. The van der Waals surface area contributed by atoms with Crippen LogP contribution in [0.1, 0.15) is 34.1 Å². The van der Waals surface area contributed by atoms with Gasteiger partial charge in [0.2, 0.25) is 0 Å². The fraction of sp³-hybridized carbons (Fsp3) is 0.320. The predicted molar refractivity (Wildman–Crippen MR) is 118 cm³/mol. The van der Waals surface area contributed by atoms with Gasteiger partial charge in [0, 0.05) is 23.4 Å². The van der Waals surface area contributed by atoms with Gasteiger partial charge in [-0.25, -0.2) is 4.79 Å². The lowest BCUT2D eigenvalue weighted by molar-refractivity contribution is 0.0528. The van der Waals surface area contributed by atoms with Crippen molar-refractivity contribution in [2.45, 2.75) is 33.7 Å². The lowest BCUT2D eigenvalue weighted by Crippen LogP contribution is -2.15. The molecule has 0 saturated carbocycles. The molecule has 0 N–H and O–H groups in total. The Morgan fingerprint density at radius 1 is 1.03 bits per heavy atom. The van der Waals surface area contributed by atoms with Crippen molar-refractivity contribution in [3.8, 4) is 33.9 Å². The van der Waals surface area contributed by atoms with E-state index in [-0.39, 0.29) is 5.97 Å². The van der Waals surface area contributed by atoms with Gasteiger partial charge >= 0.3 is 5.97 Å². The zero-order valence-electron chi connectivity index (χ0n) is 18.2. The van der Waals surface area contributed by atoms with Gasteiger partial charge in [-0.1, -0.05) is 29.8 Å². The number of carbonyl (C=O) groups is 1. The fourth-order valence-electron chi connectivity index (χ4n) is 4.35. The minimum atomic E-state index is -0.299. The van der Waals surface area contributed by atoms with Crippen LogP contribution in [0.5, 0.6) is 11.5 Å². The highest BCUT2D eigenvalue weighted by Crippen LogP contribution is 2.45. The maximum atomic E-state index is 13.2. The molecule has 0 atom stereocenters. The van der Waals surface area contributed by atoms with Crippen LogP contribution in [-0.2, 0) is 17.7 Å². The van der Waals surface area contributed by atoms with Crippen molar-refractivity contribution in [2.75, 3.05) is 20.8 Å². The number of ether oxygens (including phenoxy) is 3. The number of fused-ring (bicyclic) bond motifs is 3. The van der Waals surface area contributed by atoms with Gasteiger partial charge in [-0.15, -0.1) is 0 Å². The maximum absolute atomic E-state index is 13.2. The van der Waals surface area contributed by atoms with Crippen LogP contribution in [-0.4, -0.2) is 31.4 Å². The van der Waals surface area contributed by atoms with Crippen LogP contribution < -0.4 is 9.47 Å². The number of aromatic nitrogens is 1. The van der Waals surface area contributed by atoms with Gasteiger partial charge in [0.05, 0.1) is 32.1 Å². The van der Waals surface area contributed by atoms with Crippen LogP contribution in [0.25, 0.3) is 22.4 Å². The minimum absolute atomic E-state index is 0.299. The number of hydrogen-bond donors (Lipinski definition) is 0. The Labute approximate surface area is 177 Å². The van der Waals surface area contributed by atoms with E-state index in [9.17, 15) is 4.79 Å². The average molecular weight is 405 g/mol. The van der Waals surface area contributed by atoms with E-state index in [1.165, 1.54) is 5.56 Å². The molecule has 1 aromatic heterocycles. The lowest BCUT2D eigenvalue weighted by Gasteiger charge is -2.23. The molecule has 2 aromatic carbocycles. The Hall–Kier alpha value is -3.21. The summed E-state index contributed by atoms with van der Waals surface area (Å²) in [6.07, 6.45) is 0.855. The van der Waals surface area contributed by atoms with E-state index in [2.05, 4.69) is 42.7 Å². The third-order valence-electron chi connectivity index (χ3n) is 5.81. The van der Waals surface area contributed by atoms with Crippen LogP contribution in [0.15, 0.2) is 36.4 Å². The van der Waals surface area contributed by atoms with Gasteiger partial charge in [0.15, 0.2) is 11.5 Å². The quantitative estimate of drug-likeness (QED) is 0.548. The van der Waals surface area contributed by atoms with Crippen molar-refractivity contribution in [1.29, 1.82) is 0 Å². The van der Waals surface area contributed by atoms with Crippen molar-refractivity contribution in [3.05, 3.63) is 58.8 Å². The third kappa shape index (κ3) is 3.15. The summed E-state index contributed by atoms with van der Waals surface area (Å²) in [6, 6.07) is 12.3. The van der Waals surface area contributed by atoms with E-state index < -0.39 is 0 Å². The molecule has 1 aliphatic rings. The monoisotopic (exact) mass is 405 g/mol.